The summed E-state index contributed by atoms with van der Waals surface area (Å²) >= 11 is 0. The van der Waals surface area contributed by atoms with Gasteiger partial charge in [-0.2, -0.15) is 0 Å². The molecule has 0 aliphatic carbocycles. The first-order chi connectivity index (χ1) is 6.61. The number of aliphatic carboxylic acids is 1. The maximum atomic E-state index is 10.4. The second kappa shape index (κ2) is 7.80. The van der Waals surface area contributed by atoms with Crippen LogP contribution in [0, 0.1) is 5.92 Å². The first kappa shape index (κ1) is 13.4. The second-order valence-corrected chi connectivity index (χ2v) is 3.70. The van der Waals surface area contributed by atoms with Gasteiger partial charge in [0.2, 0.25) is 0 Å². The molecule has 0 rings (SSSR count). The van der Waals surface area contributed by atoms with E-state index in [1.807, 2.05) is 0 Å². The van der Waals surface area contributed by atoms with E-state index < -0.39 is 12.1 Å². The Morgan fingerprint density at radius 2 is 2.00 bits per heavy atom. The molecule has 0 amide bonds. The lowest BCUT2D eigenvalue weighted by atomic mass is 9.98. The third-order valence-corrected chi connectivity index (χ3v) is 2.52. The molecule has 0 aliphatic rings. The average molecular weight is 202 g/mol. The summed E-state index contributed by atoms with van der Waals surface area (Å²) in [5.41, 5.74) is 0. The molecule has 0 aromatic rings. The van der Waals surface area contributed by atoms with E-state index in [0.29, 0.717) is 12.5 Å². The predicted molar refractivity (Wildman–Crippen MR) is 56.4 cm³/mol. The molecule has 0 heterocycles. The van der Waals surface area contributed by atoms with E-state index in [2.05, 4.69) is 13.8 Å². The van der Waals surface area contributed by atoms with Crippen molar-refractivity contribution in [3.05, 3.63) is 0 Å². The zero-order valence-corrected chi connectivity index (χ0v) is 9.45. The fraction of sp³-hybridized carbons (Fsp3) is 0.909. The standard InChI is InChI=1S/C11H22O3/c1-4-6-10(5-2)7-8-14-9(3)11(12)13/h9-10H,4-8H2,1-3H3,(H,12,13). The Morgan fingerprint density at radius 3 is 2.43 bits per heavy atom. The highest BCUT2D eigenvalue weighted by Gasteiger charge is 2.11. The van der Waals surface area contributed by atoms with Crippen LogP contribution in [0.4, 0.5) is 0 Å². The fourth-order valence-corrected chi connectivity index (χ4v) is 1.44. The molecule has 0 spiro atoms. The van der Waals surface area contributed by atoms with Crippen LogP contribution in [0.5, 0.6) is 0 Å². The van der Waals surface area contributed by atoms with Crippen LogP contribution < -0.4 is 0 Å². The Kier molecular flexibility index (Phi) is 7.48. The number of ether oxygens (including phenoxy) is 1. The minimum absolute atomic E-state index is 0.561. The van der Waals surface area contributed by atoms with Crippen molar-refractivity contribution < 1.29 is 14.6 Å². The van der Waals surface area contributed by atoms with Crippen molar-refractivity contribution in [3.63, 3.8) is 0 Å². The van der Waals surface area contributed by atoms with Crippen molar-refractivity contribution in [2.45, 2.75) is 52.6 Å². The van der Waals surface area contributed by atoms with E-state index in [4.69, 9.17) is 9.84 Å². The molecule has 84 valence electrons. The maximum Gasteiger partial charge on any atom is 0.332 e. The van der Waals surface area contributed by atoms with Gasteiger partial charge in [0.05, 0.1) is 0 Å². The Bertz CT molecular complexity index is 157. The van der Waals surface area contributed by atoms with Gasteiger partial charge in [-0.15, -0.1) is 0 Å². The predicted octanol–water partition coefficient (Wildman–Crippen LogP) is 2.69. The summed E-state index contributed by atoms with van der Waals surface area (Å²) in [6.45, 7) is 6.47. The quantitative estimate of drug-likeness (QED) is 0.658. The largest absolute Gasteiger partial charge is 0.479 e. The normalized spacial score (nSPS) is 15.1. The molecule has 0 bridgehead atoms. The van der Waals surface area contributed by atoms with Gasteiger partial charge in [0.25, 0.3) is 0 Å². The third kappa shape index (κ3) is 5.97. The van der Waals surface area contributed by atoms with E-state index in [0.717, 1.165) is 12.8 Å². The van der Waals surface area contributed by atoms with E-state index >= 15 is 0 Å². The molecule has 14 heavy (non-hydrogen) atoms. The van der Waals surface area contributed by atoms with Gasteiger partial charge in [0.1, 0.15) is 0 Å². The van der Waals surface area contributed by atoms with Gasteiger partial charge in [-0.3, -0.25) is 0 Å². The molecule has 0 aromatic heterocycles. The molecule has 1 N–H and O–H groups in total. The summed E-state index contributed by atoms with van der Waals surface area (Å²) < 4.78 is 5.18. The topological polar surface area (TPSA) is 46.5 Å². The van der Waals surface area contributed by atoms with Gasteiger partial charge in [-0.05, 0) is 19.3 Å². The van der Waals surface area contributed by atoms with Crippen LogP contribution in [0.2, 0.25) is 0 Å². The van der Waals surface area contributed by atoms with Gasteiger partial charge < -0.3 is 9.84 Å². The lowest BCUT2D eigenvalue weighted by molar-refractivity contribution is -0.149. The number of hydrogen-bond acceptors (Lipinski definition) is 2. The molecular weight excluding hydrogens is 180 g/mol. The molecule has 2 unspecified atom stereocenters. The SMILES string of the molecule is CCCC(CC)CCOC(C)C(=O)O. The number of carbonyl (C=O) groups is 1. The molecule has 3 heteroatoms. The molecule has 0 aliphatic heterocycles. The number of carboxylic acid groups (broad SMARTS) is 1. The Hall–Kier alpha value is -0.570. The lowest BCUT2D eigenvalue weighted by Gasteiger charge is -2.14. The van der Waals surface area contributed by atoms with Crippen molar-refractivity contribution in [1.82, 2.24) is 0 Å². The zero-order valence-electron chi connectivity index (χ0n) is 9.45. The van der Waals surface area contributed by atoms with Crippen molar-refractivity contribution >= 4 is 5.97 Å². The van der Waals surface area contributed by atoms with Gasteiger partial charge in [0.15, 0.2) is 6.10 Å². The molecule has 0 fully saturated rings. The van der Waals surface area contributed by atoms with E-state index in [1.54, 1.807) is 6.92 Å². The maximum absolute atomic E-state index is 10.4. The van der Waals surface area contributed by atoms with Crippen molar-refractivity contribution in [3.8, 4) is 0 Å². The summed E-state index contributed by atoms with van der Waals surface area (Å²) in [6.07, 6.45) is 3.85. The smallest absolute Gasteiger partial charge is 0.332 e. The van der Waals surface area contributed by atoms with Crippen molar-refractivity contribution in [2.24, 2.45) is 5.92 Å². The van der Waals surface area contributed by atoms with Gasteiger partial charge in [0, 0.05) is 6.61 Å². The summed E-state index contributed by atoms with van der Waals surface area (Å²) in [6, 6.07) is 0. The number of hydrogen-bond donors (Lipinski definition) is 1. The van der Waals surface area contributed by atoms with Crippen LogP contribution in [0.25, 0.3) is 0 Å². The average Bonchev–Trinajstić information content (AvgIpc) is 2.16. The van der Waals surface area contributed by atoms with Crippen molar-refractivity contribution in [1.29, 1.82) is 0 Å². The summed E-state index contributed by atoms with van der Waals surface area (Å²) in [5, 5.41) is 8.58. The summed E-state index contributed by atoms with van der Waals surface area (Å²) in [5.74, 6) is -0.200. The third-order valence-electron chi connectivity index (χ3n) is 2.52. The van der Waals surface area contributed by atoms with E-state index in [9.17, 15) is 4.79 Å². The first-order valence-corrected chi connectivity index (χ1v) is 5.46. The van der Waals surface area contributed by atoms with E-state index in [1.165, 1.54) is 12.8 Å². The van der Waals surface area contributed by atoms with Crippen LogP contribution >= 0.6 is 0 Å². The number of carboxylic acids is 1. The second-order valence-electron chi connectivity index (χ2n) is 3.70. The van der Waals surface area contributed by atoms with Crippen LogP contribution in [-0.4, -0.2) is 23.8 Å². The molecule has 2 atom stereocenters. The minimum Gasteiger partial charge on any atom is -0.479 e. The summed E-state index contributed by atoms with van der Waals surface area (Å²) in [7, 11) is 0. The highest BCUT2D eigenvalue weighted by Crippen LogP contribution is 2.15. The first-order valence-electron chi connectivity index (χ1n) is 5.46. The monoisotopic (exact) mass is 202 g/mol. The summed E-state index contributed by atoms with van der Waals surface area (Å²) in [4.78, 5) is 10.4. The van der Waals surface area contributed by atoms with Gasteiger partial charge >= 0.3 is 5.97 Å². The van der Waals surface area contributed by atoms with Crippen LogP contribution in [0.3, 0.4) is 0 Å². The molecular formula is C11H22O3. The van der Waals surface area contributed by atoms with E-state index in [-0.39, 0.29) is 0 Å². The van der Waals surface area contributed by atoms with Crippen LogP contribution in [0.15, 0.2) is 0 Å². The molecule has 0 radical (unpaired) electrons. The molecule has 3 nitrogen and oxygen atoms in total. The minimum atomic E-state index is -0.881. The van der Waals surface area contributed by atoms with Gasteiger partial charge in [-0.25, -0.2) is 4.79 Å². The Balaban J connectivity index is 3.55. The van der Waals surface area contributed by atoms with Crippen LogP contribution in [-0.2, 0) is 9.53 Å². The molecule has 0 aromatic carbocycles. The number of rotatable bonds is 8. The Labute approximate surface area is 86.5 Å². The fourth-order valence-electron chi connectivity index (χ4n) is 1.44. The molecule has 0 saturated heterocycles. The highest BCUT2D eigenvalue weighted by atomic mass is 16.5. The zero-order chi connectivity index (χ0) is 11.0. The Morgan fingerprint density at radius 1 is 1.36 bits per heavy atom. The highest BCUT2D eigenvalue weighted by molar-refractivity contribution is 5.71. The lowest BCUT2D eigenvalue weighted by Crippen LogP contribution is -2.21. The van der Waals surface area contributed by atoms with Crippen LogP contribution in [0.1, 0.15) is 46.5 Å². The molecule has 0 saturated carbocycles. The van der Waals surface area contributed by atoms with Crippen molar-refractivity contribution in [2.75, 3.05) is 6.61 Å². The van der Waals surface area contributed by atoms with Gasteiger partial charge in [-0.1, -0.05) is 33.1 Å².